The Labute approximate surface area is 178 Å². The van der Waals surface area contributed by atoms with Crippen molar-refractivity contribution >= 4 is 45.9 Å². The second kappa shape index (κ2) is 7.78. The smallest absolute Gasteiger partial charge is 0.271 e. The highest BCUT2D eigenvalue weighted by molar-refractivity contribution is 6.44. The Morgan fingerprint density at radius 3 is 2.52 bits per heavy atom. The van der Waals surface area contributed by atoms with Crippen molar-refractivity contribution in [2.45, 2.75) is 18.9 Å². The molecule has 0 radical (unpaired) electrons. The molecule has 2 fully saturated rings. The Balaban J connectivity index is 1.48. The van der Waals surface area contributed by atoms with Crippen molar-refractivity contribution in [1.82, 2.24) is 19.7 Å². The van der Waals surface area contributed by atoms with Gasteiger partial charge in [-0.25, -0.2) is 4.39 Å². The molecule has 2 amide bonds. The standard InChI is InChI=1S/C20H23Cl2FN4O2/c1-25(2)12-6-8-27(10-12)19(28)11-5-7-26(9-11)20(29)18-17(22)15-14(24-18)4-3-13(23)16(15)21/h3-4,11-12,24H,5-10H2,1-2H3/t11-,12?/m1/s1. The van der Waals surface area contributed by atoms with Gasteiger partial charge in [0.15, 0.2) is 0 Å². The summed E-state index contributed by atoms with van der Waals surface area (Å²) in [6, 6.07) is 3.12. The second-order valence-electron chi connectivity index (χ2n) is 8.03. The number of H-pyrrole nitrogens is 1. The zero-order valence-electron chi connectivity index (χ0n) is 16.3. The summed E-state index contributed by atoms with van der Waals surface area (Å²) >= 11 is 12.4. The van der Waals surface area contributed by atoms with Crippen molar-refractivity contribution in [3.05, 3.63) is 33.7 Å². The summed E-state index contributed by atoms with van der Waals surface area (Å²) in [6.07, 6.45) is 1.59. The summed E-state index contributed by atoms with van der Waals surface area (Å²) < 4.78 is 13.8. The fourth-order valence-electron chi connectivity index (χ4n) is 4.26. The largest absolute Gasteiger partial charge is 0.349 e. The van der Waals surface area contributed by atoms with Crippen molar-refractivity contribution in [3.8, 4) is 0 Å². The van der Waals surface area contributed by atoms with E-state index in [1.165, 1.54) is 12.1 Å². The van der Waals surface area contributed by atoms with E-state index < -0.39 is 5.82 Å². The van der Waals surface area contributed by atoms with Gasteiger partial charge in [-0.3, -0.25) is 9.59 Å². The molecule has 1 aromatic heterocycles. The normalized spacial score (nSPS) is 22.3. The molecule has 2 aliphatic heterocycles. The minimum Gasteiger partial charge on any atom is -0.349 e. The van der Waals surface area contributed by atoms with Crippen LogP contribution in [0.5, 0.6) is 0 Å². The van der Waals surface area contributed by atoms with Crippen LogP contribution in [0.1, 0.15) is 23.3 Å². The van der Waals surface area contributed by atoms with Gasteiger partial charge >= 0.3 is 0 Å². The van der Waals surface area contributed by atoms with E-state index in [0.29, 0.717) is 36.5 Å². The minimum absolute atomic E-state index is 0.109. The number of hydrogen-bond donors (Lipinski definition) is 1. The molecular weight excluding hydrogens is 418 g/mol. The summed E-state index contributed by atoms with van der Waals surface area (Å²) in [4.78, 5) is 34.5. The zero-order chi connectivity index (χ0) is 20.9. The van der Waals surface area contributed by atoms with E-state index in [4.69, 9.17) is 23.2 Å². The van der Waals surface area contributed by atoms with E-state index in [1.54, 1.807) is 4.90 Å². The average Bonchev–Trinajstić information content (AvgIpc) is 3.42. The van der Waals surface area contributed by atoms with Crippen molar-refractivity contribution in [2.75, 3.05) is 40.3 Å². The highest BCUT2D eigenvalue weighted by atomic mass is 35.5. The summed E-state index contributed by atoms with van der Waals surface area (Å²) in [5, 5.41) is 0.301. The molecule has 6 nitrogen and oxygen atoms in total. The van der Waals surface area contributed by atoms with Gasteiger partial charge in [-0.15, -0.1) is 0 Å². The fraction of sp³-hybridized carbons (Fsp3) is 0.500. The van der Waals surface area contributed by atoms with Crippen LogP contribution in [0.2, 0.25) is 10.0 Å². The van der Waals surface area contributed by atoms with E-state index >= 15 is 0 Å². The maximum Gasteiger partial charge on any atom is 0.271 e. The number of likely N-dealkylation sites (tertiary alicyclic amines) is 2. The zero-order valence-corrected chi connectivity index (χ0v) is 17.9. The van der Waals surface area contributed by atoms with Crippen molar-refractivity contribution < 1.29 is 14.0 Å². The molecule has 29 heavy (non-hydrogen) atoms. The number of aromatic nitrogens is 1. The third-order valence-corrected chi connectivity index (χ3v) is 6.78. The van der Waals surface area contributed by atoms with Gasteiger partial charge in [-0.05, 0) is 39.1 Å². The Morgan fingerprint density at radius 1 is 1.10 bits per heavy atom. The molecule has 0 spiro atoms. The third kappa shape index (κ3) is 3.60. The number of halogens is 3. The van der Waals surface area contributed by atoms with Gasteiger partial charge in [-0.2, -0.15) is 0 Å². The van der Waals surface area contributed by atoms with Gasteiger partial charge < -0.3 is 19.7 Å². The molecule has 0 aliphatic carbocycles. The van der Waals surface area contributed by atoms with Crippen LogP contribution in [-0.4, -0.2) is 77.8 Å². The lowest BCUT2D eigenvalue weighted by Crippen LogP contribution is -2.39. The highest BCUT2D eigenvalue weighted by Crippen LogP contribution is 2.36. The predicted octanol–water partition coefficient (Wildman–Crippen LogP) is 3.24. The number of hydrogen-bond acceptors (Lipinski definition) is 3. The Kier molecular flexibility index (Phi) is 5.48. The Bertz CT molecular complexity index is 977. The van der Waals surface area contributed by atoms with Crippen molar-refractivity contribution in [3.63, 3.8) is 0 Å². The SMILES string of the molecule is CN(C)C1CCN(C(=O)[C@@H]2CCN(C(=O)c3[nH]c4ccc(F)c(Cl)c4c3Cl)C2)C1. The molecule has 2 aromatic rings. The molecule has 156 valence electrons. The van der Waals surface area contributed by atoms with E-state index in [-0.39, 0.29) is 33.5 Å². The maximum absolute atomic E-state index is 13.8. The predicted molar refractivity (Wildman–Crippen MR) is 111 cm³/mol. The molecule has 2 aliphatic rings. The number of carbonyl (C=O) groups excluding carboxylic acids is 2. The lowest BCUT2D eigenvalue weighted by molar-refractivity contribution is -0.134. The number of amides is 2. The number of likely N-dealkylation sites (N-methyl/N-ethyl adjacent to an activating group) is 1. The molecule has 4 rings (SSSR count). The summed E-state index contributed by atoms with van der Waals surface area (Å²) in [5.41, 5.74) is 0.680. The van der Waals surface area contributed by atoms with Crippen LogP contribution in [0.25, 0.3) is 10.9 Å². The molecule has 3 heterocycles. The highest BCUT2D eigenvalue weighted by Gasteiger charge is 2.37. The van der Waals surface area contributed by atoms with E-state index in [2.05, 4.69) is 9.88 Å². The van der Waals surface area contributed by atoms with Gasteiger partial charge in [0.1, 0.15) is 11.5 Å². The van der Waals surface area contributed by atoms with Crippen molar-refractivity contribution in [1.29, 1.82) is 0 Å². The van der Waals surface area contributed by atoms with Crippen LogP contribution in [0, 0.1) is 11.7 Å². The average molecular weight is 441 g/mol. The van der Waals surface area contributed by atoms with Crippen LogP contribution in [0.4, 0.5) is 4.39 Å². The fourth-order valence-corrected chi connectivity index (χ4v) is 4.89. The van der Waals surface area contributed by atoms with Crippen molar-refractivity contribution in [2.24, 2.45) is 5.92 Å². The van der Waals surface area contributed by atoms with E-state index in [9.17, 15) is 14.0 Å². The summed E-state index contributed by atoms with van der Waals surface area (Å²) in [5.74, 6) is -0.986. The third-order valence-electron chi connectivity index (χ3n) is 6.04. The molecule has 1 aromatic carbocycles. The van der Waals surface area contributed by atoms with E-state index in [1.807, 2.05) is 19.0 Å². The molecule has 9 heteroatoms. The number of rotatable bonds is 3. The van der Waals surface area contributed by atoms with Crippen LogP contribution >= 0.6 is 23.2 Å². The first-order chi connectivity index (χ1) is 13.8. The summed E-state index contributed by atoms with van der Waals surface area (Å²) in [7, 11) is 4.05. The molecule has 0 saturated carbocycles. The lowest BCUT2D eigenvalue weighted by atomic mass is 10.1. The van der Waals surface area contributed by atoms with Crippen LogP contribution in [0.15, 0.2) is 12.1 Å². The molecule has 1 N–H and O–H groups in total. The first kappa shape index (κ1) is 20.4. The van der Waals surface area contributed by atoms with Gasteiger partial charge in [0.25, 0.3) is 5.91 Å². The molecule has 2 atom stereocenters. The van der Waals surface area contributed by atoms with Gasteiger partial charge in [0.05, 0.1) is 16.0 Å². The Morgan fingerprint density at radius 2 is 1.83 bits per heavy atom. The van der Waals surface area contributed by atoms with Gasteiger partial charge in [-0.1, -0.05) is 23.2 Å². The number of benzene rings is 1. The van der Waals surface area contributed by atoms with Crippen LogP contribution in [0.3, 0.4) is 0 Å². The number of fused-ring (bicyclic) bond motifs is 1. The first-order valence-electron chi connectivity index (χ1n) is 9.67. The number of aromatic amines is 1. The second-order valence-corrected chi connectivity index (χ2v) is 8.78. The number of nitrogens with zero attached hydrogens (tertiary/aromatic N) is 3. The molecular formula is C20H23Cl2FN4O2. The van der Waals surface area contributed by atoms with E-state index in [0.717, 1.165) is 19.5 Å². The molecule has 1 unspecified atom stereocenters. The van der Waals surface area contributed by atoms with Gasteiger partial charge in [0.2, 0.25) is 5.91 Å². The minimum atomic E-state index is -0.590. The number of carbonyl (C=O) groups is 2. The van der Waals surface area contributed by atoms with Gasteiger partial charge in [0, 0.05) is 43.1 Å². The topological polar surface area (TPSA) is 59.6 Å². The molecule has 2 saturated heterocycles. The van der Waals surface area contributed by atoms with Crippen LogP contribution in [-0.2, 0) is 4.79 Å². The quantitative estimate of drug-likeness (QED) is 0.796. The Hall–Kier alpha value is -1.83. The monoisotopic (exact) mass is 440 g/mol. The first-order valence-corrected chi connectivity index (χ1v) is 10.4. The van der Waals surface area contributed by atoms with Crippen LogP contribution < -0.4 is 0 Å². The summed E-state index contributed by atoms with van der Waals surface area (Å²) in [6.45, 7) is 2.32. The number of nitrogens with one attached hydrogen (secondary N) is 1. The maximum atomic E-state index is 13.8. The molecule has 0 bridgehead atoms. The lowest BCUT2D eigenvalue weighted by Gasteiger charge is -2.23.